The van der Waals surface area contributed by atoms with Crippen molar-refractivity contribution in [3.05, 3.63) is 48.0 Å². The smallest absolute Gasteiger partial charge is 0.436 e. The van der Waals surface area contributed by atoms with Gasteiger partial charge in [0.2, 0.25) is 5.89 Å². The number of alkyl halides is 3. The third-order valence-corrected chi connectivity index (χ3v) is 2.88. The summed E-state index contributed by atoms with van der Waals surface area (Å²) in [5.41, 5.74) is 2.97. The van der Waals surface area contributed by atoms with Gasteiger partial charge in [-0.25, -0.2) is 4.98 Å². The minimum absolute atomic E-state index is 0.279. The van der Waals surface area contributed by atoms with Crippen molar-refractivity contribution in [1.29, 1.82) is 0 Å². The first-order valence-corrected chi connectivity index (χ1v) is 6.14. The summed E-state index contributed by atoms with van der Waals surface area (Å²) in [5.74, 6) is 0.0763. The Balaban J connectivity index is 1.91. The molecule has 3 rings (SSSR count). The molecule has 1 aromatic heterocycles. The van der Waals surface area contributed by atoms with E-state index in [9.17, 15) is 13.2 Å². The number of oxazole rings is 1. The number of aryl methyl sites for hydroxylation is 1. The molecule has 108 valence electrons. The molecule has 0 spiro atoms. The first kappa shape index (κ1) is 13.5. The van der Waals surface area contributed by atoms with Crippen molar-refractivity contribution < 1.29 is 22.3 Å². The van der Waals surface area contributed by atoms with Gasteiger partial charge >= 0.3 is 6.36 Å². The summed E-state index contributed by atoms with van der Waals surface area (Å²) in [5, 5.41) is 0. The Bertz CT molecular complexity index is 776. The lowest BCUT2D eigenvalue weighted by Gasteiger charge is -2.08. The highest BCUT2D eigenvalue weighted by molar-refractivity contribution is 5.76. The topological polar surface area (TPSA) is 35.3 Å². The number of nitrogens with zero attached hydrogens (tertiary/aromatic N) is 1. The van der Waals surface area contributed by atoms with Crippen molar-refractivity contribution in [3.63, 3.8) is 0 Å². The normalized spacial score (nSPS) is 11.8. The van der Waals surface area contributed by atoms with Crippen molar-refractivity contribution in [2.75, 3.05) is 0 Å². The lowest BCUT2D eigenvalue weighted by molar-refractivity contribution is -0.274. The van der Waals surface area contributed by atoms with Crippen molar-refractivity contribution >= 4 is 11.1 Å². The van der Waals surface area contributed by atoms with Crippen molar-refractivity contribution in [2.24, 2.45) is 0 Å². The summed E-state index contributed by atoms with van der Waals surface area (Å²) < 4.78 is 45.7. The third-order valence-electron chi connectivity index (χ3n) is 2.88. The summed E-state index contributed by atoms with van der Waals surface area (Å²) in [6.45, 7) is 1.94. The molecule has 0 aliphatic rings. The first-order chi connectivity index (χ1) is 9.90. The number of benzene rings is 2. The SMILES string of the molecule is Cc1ccc2oc(-c3ccc(OC(F)(F)F)cc3)nc2c1. The van der Waals surface area contributed by atoms with Crippen LogP contribution < -0.4 is 4.74 Å². The summed E-state index contributed by atoms with van der Waals surface area (Å²) >= 11 is 0. The van der Waals surface area contributed by atoms with E-state index in [4.69, 9.17) is 4.42 Å². The molecule has 6 heteroatoms. The number of aromatic nitrogens is 1. The van der Waals surface area contributed by atoms with Crippen molar-refractivity contribution in [3.8, 4) is 17.2 Å². The highest BCUT2D eigenvalue weighted by atomic mass is 19.4. The van der Waals surface area contributed by atoms with E-state index < -0.39 is 6.36 Å². The molecule has 0 radical (unpaired) electrons. The van der Waals surface area contributed by atoms with Crippen LogP contribution in [0.5, 0.6) is 5.75 Å². The lowest BCUT2D eigenvalue weighted by atomic mass is 10.2. The summed E-state index contributed by atoms with van der Waals surface area (Å²) in [6, 6.07) is 11.0. The fraction of sp³-hybridized carbons (Fsp3) is 0.133. The number of hydrogen-bond acceptors (Lipinski definition) is 3. The Labute approximate surface area is 118 Å². The maximum absolute atomic E-state index is 12.1. The van der Waals surface area contributed by atoms with Crippen molar-refractivity contribution in [1.82, 2.24) is 4.98 Å². The number of ether oxygens (including phenoxy) is 1. The molecule has 0 fully saturated rings. The second-order valence-corrected chi connectivity index (χ2v) is 4.56. The number of hydrogen-bond donors (Lipinski definition) is 0. The Hall–Kier alpha value is -2.50. The largest absolute Gasteiger partial charge is 0.573 e. The van der Waals surface area contributed by atoms with Crippen molar-refractivity contribution in [2.45, 2.75) is 13.3 Å². The quantitative estimate of drug-likeness (QED) is 0.687. The minimum Gasteiger partial charge on any atom is -0.436 e. The van der Waals surface area contributed by atoms with E-state index in [0.717, 1.165) is 5.56 Å². The molecule has 3 nitrogen and oxygen atoms in total. The summed E-state index contributed by atoms with van der Waals surface area (Å²) in [7, 11) is 0. The van der Waals surface area contributed by atoms with E-state index in [-0.39, 0.29) is 5.75 Å². The molecule has 0 unspecified atom stereocenters. The molecule has 0 amide bonds. The number of rotatable bonds is 2. The molecule has 21 heavy (non-hydrogen) atoms. The fourth-order valence-electron chi connectivity index (χ4n) is 1.96. The molecular weight excluding hydrogens is 283 g/mol. The molecule has 0 saturated carbocycles. The van der Waals surface area contributed by atoms with Crippen LogP contribution in [0.2, 0.25) is 0 Å². The second-order valence-electron chi connectivity index (χ2n) is 4.56. The molecular formula is C15H10F3NO2. The van der Waals surface area contributed by atoms with Crippen LogP contribution in [0, 0.1) is 6.92 Å². The van der Waals surface area contributed by atoms with Gasteiger partial charge in [0.25, 0.3) is 0 Å². The predicted molar refractivity (Wildman–Crippen MR) is 70.9 cm³/mol. The molecule has 0 bridgehead atoms. The van der Waals surface area contributed by atoms with Gasteiger partial charge in [0.15, 0.2) is 5.58 Å². The van der Waals surface area contributed by atoms with E-state index in [2.05, 4.69) is 9.72 Å². The maximum Gasteiger partial charge on any atom is 0.573 e. The van der Waals surface area contributed by atoms with Gasteiger partial charge in [-0.15, -0.1) is 13.2 Å². The van der Waals surface area contributed by atoms with Gasteiger partial charge in [0.05, 0.1) is 0 Å². The van der Waals surface area contributed by atoms with E-state index in [1.54, 1.807) is 0 Å². The van der Waals surface area contributed by atoms with Crippen LogP contribution >= 0.6 is 0 Å². The van der Waals surface area contributed by atoms with Crippen LogP contribution in [0.1, 0.15) is 5.56 Å². The second kappa shape index (κ2) is 4.80. The Morgan fingerprint density at radius 1 is 1.05 bits per heavy atom. The zero-order valence-electron chi connectivity index (χ0n) is 10.9. The fourth-order valence-corrected chi connectivity index (χ4v) is 1.96. The van der Waals surface area contributed by atoms with Gasteiger partial charge in [-0.1, -0.05) is 6.07 Å². The van der Waals surface area contributed by atoms with E-state index in [1.165, 1.54) is 24.3 Å². The van der Waals surface area contributed by atoms with Crippen LogP contribution in [-0.2, 0) is 0 Å². The molecule has 0 N–H and O–H groups in total. The summed E-state index contributed by atoms with van der Waals surface area (Å²) in [4.78, 5) is 4.32. The average Bonchev–Trinajstić information content (AvgIpc) is 2.80. The van der Waals surface area contributed by atoms with Crippen LogP contribution in [0.15, 0.2) is 46.9 Å². The molecule has 0 atom stereocenters. The zero-order valence-corrected chi connectivity index (χ0v) is 10.9. The third kappa shape index (κ3) is 2.99. The van der Waals surface area contributed by atoms with Crippen LogP contribution in [0.4, 0.5) is 13.2 Å². The highest BCUT2D eigenvalue weighted by Gasteiger charge is 2.31. The highest BCUT2D eigenvalue weighted by Crippen LogP contribution is 2.28. The molecule has 3 aromatic rings. The van der Waals surface area contributed by atoms with Gasteiger partial charge in [-0.3, -0.25) is 0 Å². The predicted octanol–water partition coefficient (Wildman–Crippen LogP) is 4.70. The van der Waals surface area contributed by atoms with Gasteiger partial charge in [0.1, 0.15) is 11.3 Å². The zero-order chi connectivity index (χ0) is 15.0. The first-order valence-electron chi connectivity index (χ1n) is 6.14. The van der Waals surface area contributed by atoms with Gasteiger partial charge < -0.3 is 9.15 Å². The monoisotopic (exact) mass is 293 g/mol. The average molecular weight is 293 g/mol. The molecule has 0 aliphatic heterocycles. The van der Waals surface area contributed by atoms with Crippen LogP contribution in [-0.4, -0.2) is 11.3 Å². The Kier molecular flexibility index (Phi) is 3.08. The molecule has 1 heterocycles. The van der Waals surface area contributed by atoms with Gasteiger partial charge in [-0.05, 0) is 48.9 Å². The van der Waals surface area contributed by atoms with E-state index in [1.807, 2.05) is 25.1 Å². The number of halogens is 3. The van der Waals surface area contributed by atoms with E-state index in [0.29, 0.717) is 22.6 Å². The lowest BCUT2D eigenvalue weighted by Crippen LogP contribution is -2.16. The molecule has 0 saturated heterocycles. The summed E-state index contributed by atoms with van der Waals surface area (Å²) in [6.07, 6.45) is -4.70. The Morgan fingerprint density at radius 2 is 1.76 bits per heavy atom. The van der Waals surface area contributed by atoms with Gasteiger partial charge in [0, 0.05) is 5.56 Å². The molecule has 0 aliphatic carbocycles. The maximum atomic E-state index is 12.1. The van der Waals surface area contributed by atoms with Gasteiger partial charge in [-0.2, -0.15) is 0 Å². The van der Waals surface area contributed by atoms with Crippen LogP contribution in [0.3, 0.4) is 0 Å². The standard InChI is InChI=1S/C15H10F3NO2/c1-9-2-7-13-12(8-9)19-14(20-13)10-3-5-11(6-4-10)21-15(16,17)18/h2-8H,1H3. The minimum atomic E-state index is -4.70. The van der Waals surface area contributed by atoms with Crippen LogP contribution in [0.25, 0.3) is 22.6 Å². The van der Waals surface area contributed by atoms with E-state index >= 15 is 0 Å². The Morgan fingerprint density at radius 3 is 2.43 bits per heavy atom. The molecule has 2 aromatic carbocycles. The number of fused-ring (bicyclic) bond motifs is 1.